The molecule has 1 unspecified atom stereocenters. The van der Waals surface area contributed by atoms with Gasteiger partial charge in [0.1, 0.15) is 0 Å². The fourth-order valence-electron chi connectivity index (χ4n) is 1.74. The molecule has 0 radical (unpaired) electrons. The monoisotopic (exact) mass is 263 g/mol. The third kappa shape index (κ3) is 5.90. The van der Waals surface area contributed by atoms with E-state index in [1.165, 1.54) is 6.92 Å². The summed E-state index contributed by atoms with van der Waals surface area (Å²) in [6.45, 7) is 5.51. The fraction of sp³-hybridized carbons (Fsp3) is 0.429. The molecular formula is C14H21N3O2. The van der Waals surface area contributed by atoms with Crippen LogP contribution in [0.4, 0.5) is 16.2 Å². The average molecular weight is 263 g/mol. The van der Waals surface area contributed by atoms with Crippen LogP contribution < -0.4 is 16.0 Å². The van der Waals surface area contributed by atoms with Gasteiger partial charge in [-0.05, 0) is 37.6 Å². The molecule has 0 fully saturated rings. The molecule has 1 aromatic carbocycles. The molecule has 3 N–H and O–H groups in total. The average Bonchev–Trinajstić information content (AvgIpc) is 2.31. The van der Waals surface area contributed by atoms with E-state index < -0.39 is 0 Å². The maximum absolute atomic E-state index is 11.7. The number of carbonyl (C=O) groups is 2. The Morgan fingerprint density at radius 3 is 2.11 bits per heavy atom. The number of urea groups is 1. The van der Waals surface area contributed by atoms with E-state index in [4.69, 9.17) is 0 Å². The van der Waals surface area contributed by atoms with E-state index >= 15 is 0 Å². The summed E-state index contributed by atoms with van der Waals surface area (Å²) >= 11 is 0. The van der Waals surface area contributed by atoms with Crippen molar-refractivity contribution in [2.75, 3.05) is 10.6 Å². The molecule has 5 heteroatoms. The highest BCUT2D eigenvalue weighted by Gasteiger charge is 2.06. The topological polar surface area (TPSA) is 70.2 Å². The minimum Gasteiger partial charge on any atom is -0.335 e. The maximum atomic E-state index is 11.7. The first-order valence-electron chi connectivity index (χ1n) is 6.46. The first-order chi connectivity index (χ1) is 9.01. The lowest BCUT2D eigenvalue weighted by atomic mass is 10.2. The number of hydrogen-bond donors (Lipinski definition) is 3. The largest absolute Gasteiger partial charge is 0.335 e. The molecule has 5 nitrogen and oxygen atoms in total. The van der Waals surface area contributed by atoms with Crippen molar-refractivity contribution in [1.82, 2.24) is 5.32 Å². The molecule has 1 atom stereocenters. The van der Waals surface area contributed by atoms with Gasteiger partial charge in [0, 0.05) is 24.3 Å². The predicted octanol–water partition coefficient (Wildman–Crippen LogP) is 2.96. The summed E-state index contributed by atoms with van der Waals surface area (Å²) in [5, 5.41) is 8.27. The van der Waals surface area contributed by atoms with Gasteiger partial charge in [0.05, 0.1) is 0 Å². The van der Waals surface area contributed by atoms with E-state index in [1.54, 1.807) is 24.3 Å². The number of benzene rings is 1. The van der Waals surface area contributed by atoms with Crippen LogP contribution in [-0.2, 0) is 4.79 Å². The SMILES string of the molecule is CCCC(C)NC(=O)Nc1ccc(NC(C)=O)cc1. The van der Waals surface area contributed by atoms with Crippen molar-refractivity contribution in [3.05, 3.63) is 24.3 Å². The first-order valence-corrected chi connectivity index (χ1v) is 6.46. The van der Waals surface area contributed by atoms with Gasteiger partial charge in [0.25, 0.3) is 0 Å². The number of amides is 3. The highest BCUT2D eigenvalue weighted by Crippen LogP contribution is 2.13. The summed E-state index contributed by atoms with van der Waals surface area (Å²) in [5.41, 5.74) is 1.40. The van der Waals surface area contributed by atoms with Gasteiger partial charge in [-0.25, -0.2) is 4.79 Å². The number of hydrogen-bond acceptors (Lipinski definition) is 2. The molecule has 3 amide bonds. The van der Waals surface area contributed by atoms with Crippen molar-refractivity contribution in [3.63, 3.8) is 0 Å². The zero-order chi connectivity index (χ0) is 14.3. The Bertz CT molecular complexity index is 429. The molecule has 1 aromatic rings. The van der Waals surface area contributed by atoms with Gasteiger partial charge in [-0.1, -0.05) is 13.3 Å². The molecule has 0 bridgehead atoms. The predicted molar refractivity (Wildman–Crippen MR) is 77.3 cm³/mol. The van der Waals surface area contributed by atoms with Gasteiger partial charge in [-0.15, -0.1) is 0 Å². The molecule has 0 aromatic heterocycles. The van der Waals surface area contributed by atoms with E-state index in [1.807, 2.05) is 6.92 Å². The third-order valence-corrected chi connectivity index (χ3v) is 2.56. The summed E-state index contributed by atoms with van der Waals surface area (Å²) < 4.78 is 0. The Morgan fingerprint density at radius 2 is 1.63 bits per heavy atom. The number of rotatable bonds is 5. The van der Waals surface area contributed by atoms with Crippen LogP contribution in [0.2, 0.25) is 0 Å². The molecule has 19 heavy (non-hydrogen) atoms. The van der Waals surface area contributed by atoms with E-state index in [2.05, 4.69) is 22.9 Å². The molecule has 0 spiro atoms. The third-order valence-electron chi connectivity index (χ3n) is 2.56. The Balaban J connectivity index is 2.48. The van der Waals surface area contributed by atoms with Crippen molar-refractivity contribution in [3.8, 4) is 0 Å². The molecule has 104 valence electrons. The van der Waals surface area contributed by atoms with Gasteiger partial charge in [0.15, 0.2) is 0 Å². The Hall–Kier alpha value is -2.04. The summed E-state index contributed by atoms with van der Waals surface area (Å²) in [4.78, 5) is 22.5. The summed E-state index contributed by atoms with van der Waals surface area (Å²) in [6, 6.07) is 6.92. The quantitative estimate of drug-likeness (QED) is 0.764. The van der Waals surface area contributed by atoms with Crippen LogP contribution in [0.5, 0.6) is 0 Å². The van der Waals surface area contributed by atoms with E-state index in [0.29, 0.717) is 11.4 Å². The molecule has 0 aliphatic heterocycles. The lowest BCUT2D eigenvalue weighted by molar-refractivity contribution is -0.114. The molecule has 0 heterocycles. The molecule has 0 saturated carbocycles. The van der Waals surface area contributed by atoms with Crippen LogP contribution in [0.25, 0.3) is 0 Å². The van der Waals surface area contributed by atoms with Gasteiger partial charge in [-0.3, -0.25) is 4.79 Å². The van der Waals surface area contributed by atoms with Gasteiger partial charge < -0.3 is 16.0 Å². The van der Waals surface area contributed by atoms with Crippen LogP contribution >= 0.6 is 0 Å². The fourth-order valence-corrected chi connectivity index (χ4v) is 1.74. The van der Waals surface area contributed by atoms with Crippen molar-refractivity contribution in [1.29, 1.82) is 0 Å². The highest BCUT2D eigenvalue weighted by atomic mass is 16.2. The highest BCUT2D eigenvalue weighted by molar-refractivity contribution is 5.91. The molecule has 0 saturated heterocycles. The number of nitrogens with one attached hydrogen (secondary N) is 3. The summed E-state index contributed by atoms with van der Waals surface area (Å²) in [7, 11) is 0. The molecule has 0 aliphatic rings. The first kappa shape index (κ1) is 15.0. The molecule has 1 rings (SSSR count). The minimum atomic E-state index is -0.215. The van der Waals surface area contributed by atoms with Gasteiger partial charge in [0.2, 0.25) is 5.91 Å². The van der Waals surface area contributed by atoms with Crippen LogP contribution in [0, 0.1) is 0 Å². The zero-order valence-corrected chi connectivity index (χ0v) is 11.6. The summed E-state index contributed by atoms with van der Waals surface area (Å²) in [5.74, 6) is -0.119. The number of anilines is 2. The lowest BCUT2D eigenvalue weighted by Crippen LogP contribution is -2.35. The number of carbonyl (C=O) groups excluding carboxylic acids is 2. The van der Waals surface area contributed by atoms with Crippen molar-refractivity contribution >= 4 is 23.3 Å². The van der Waals surface area contributed by atoms with Crippen LogP contribution in [0.3, 0.4) is 0 Å². The normalized spacial score (nSPS) is 11.5. The van der Waals surface area contributed by atoms with E-state index in [9.17, 15) is 9.59 Å². The molecule has 0 aliphatic carbocycles. The van der Waals surface area contributed by atoms with Gasteiger partial charge >= 0.3 is 6.03 Å². The van der Waals surface area contributed by atoms with E-state index in [-0.39, 0.29) is 18.0 Å². The van der Waals surface area contributed by atoms with Crippen molar-refractivity contribution in [2.24, 2.45) is 0 Å². The zero-order valence-electron chi connectivity index (χ0n) is 11.6. The van der Waals surface area contributed by atoms with Gasteiger partial charge in [-0.2, -0.15) is 0 Å². The van der Waals surface area contributed by atoms with Crippen molar-refractivity contribution in [2.45, 2.75) is 39.7 Å². The standard InChI is InChI=1S/C14H21N3O2/c1-4-5-10(2)15-14(19)17-13-8-6-12(7-9-13)16-11(3)18/h6-10H,4-5H2,1-3H3,(H,16,18)(H2,15,17,19). The second-order valence-electron chi connectivity index (χ2n) is 4.55. The maximum Gasteiger partial charge on any atom is 0.319 e. The Kier molecular flexibility index (Phi) is 5.85. The lowest BCUT2D eigenvalue weighted by Gasteiger charge is -2.13. The second kappa shape index (κ2) is 7.41. The second-order valence-corrected chi connectivity index (χ2v) is 4.55. The van der Waals surface area contributed by atoms with Crippen LogP contribution in [-0.4, -0.2) is 18.0 Å². The summed E-state index contributed by atoms with van der Waals surface area (Å²) in [6.07, 6.45) is 1.99. The molecular weight excluding hydrogens is 242 g/mol. The Labute approximate surface area is 113 Å². The van der Waals surface area contributed by atoms with E-state index in [0.717, 1.165) is 12.8 Å². The smallest absolute Gasteiger partial charge is 0.319 e. The minimum absolute atomic E-state index is 0.119. The van der Waals surface area contributed by atoms with Crippen LogP contribution in [0.1, 0.15) is 33.6 Å². The van der Waals surface area contributed by atoms with Crippen molar-refractivity contribution < 1.29 is 9.59 Å². The van der Waals surface area contributed by atoms with Crippen LogP contribution in [0.15, 0.2) is 24.3 Å². The Morgan fingerprint density at radius 1 is 1.11 bits per heavy atom.